The largest absolute Gasteiger partial charge is 0.294 e. The van der Waals surface area contributed by atoms with Crippen molar-refractivity contribution in [2.75, 3.05) is 6.54 Å². The topological polar surface area (TPSA) is 81.4 Å². The number of hydrogen-bond donors (Lipinski definition) is 1. The molecule has 0 amide bonds. The van der Waals surface area contributed by atoms with Crippen LogP contribution in [0, 0.1) is 24.2 Å². The molecule has 0 saturated carbocycles. The number of aryl methyl sites for hydroxylation is 1. The minimum Gasteiger partial charge on any atom is -0.282 e. The Morgan fingerprint density at radius 1 is 1.23 bits per heavy atom. The first-order valence-corrected chi connectivity index (χ1v) is 12.5. The fraction of sp³-hybridized carbons (Fsp3) is 0.435. The molecule has 1 saturated heterocycles. The molecule has 3 atom stereocenters. The summed E-state index contributed by atoms with van der Waals surface area (Å²) in [5.74, 6) is 0.0414. The Kier molecular flexibility index (Phi) is 7.67. The third kappa shape index (κ3) is 5.42. The fourth-order valence-electron chi connectivity index (χ4n) is 4.59. The van der Waals surface area contributed by atoms with Gasteiger partial charge in [0.25, 0.3) is 10.1 Å². The van der Waals surface area contributed by atoms with Gasteiger partial charge in [-0.2, -0.15) is 13.7 Å². The maximum atomic E-state index is 11.9. The van der Waals surface area contributed by atoms with Crippen LogP contribution in [0.4, 0.5) is 0 Å². The number of benzene rings is 2. The number of hydrogen-bond acceptors (Lipinski definition) is 4. The van der Waals surface area contributed by atoms with Crippen molar-refractivity contribution in [2.45, 2.75) is 56.5 Å². The van der Waals surface area contributed by atoms with Gasteiger partial charge in [-0.15, -0.1) is 0 Å². The molecule has 0 radical (unpaired) electrons. The van der Waals surface area contributed by atoms with Gasteiger partial charge < -0.3 is 0 Å². The Hall–Kier alpha value is -1.62. The van der Waals surface area contributed by atoms with Crippen LogP contribution in [0.15, 0.2) is 41.3 Å². The van der Waals surface area contributed by atoms with Crippen molar-refractivity contribution in [1.29, 1.82) is 5.26 Å². The van der Waals surface area contributed by atoms with Crippen molar-refractivity contribution in [3.63, 3.8) is 0 Å². The van der Waals surface area contributed by atoms with Crippen LogP contribution in [0.25, 0.3) is 0 Å². The number of nitrogens with zero attached hydrogens (tertiary/aromatic N) is 2. The summed E-state index contributed by atoms with van der Waals surface area (Å²) in [6.45, 7) is 4.68. The third-order valence-electron chi connectivity index (χ3n) is 6.01. The molecule has 166 valence electrons. The number of rotatable bonds is 6. The molecule has 1 aliphatic heterocycles. The van der Waals surface area contributed by atoms with E-state index < -0.39 is 16.2 Å². The van der Waals surface area contributed by atoms with E-state index in [4.69, 9.17) is 23.2 Å². The lowest BCUT2D eigenvalue weighted by atomic mass is 9.85. The maximum Gasteiger partial charge on any atom is 0.294 e. The summed E-state index contributed by atoms with van der Waals surface area (Å²) >= 11 is 12.8. The highest BCUT2D eigenvalue weighted by Crippen LogP contribution is 2.39. The molecule has 3 rings (SSSR count). The summed E-state index contributed by atoms with van der Waals surface area (Å²) in [4.78, 5) is 2.09. The number of likely N-dealkylation sites (tertiary alicyclic amines) is 1. The molecule has 1 fully saturated rings. The summed E-state index contributed by atoms with van der Waals surface area (Å²) in [7, 11) is -4.32. The predicted octanol–water partition coefficient (Wildman–Crippen LogP) is 5.85. The molecule has 0 bridgehead atoms. The van der Waals surface area contributed by atoms with Crippen molar-refractivity contribution in [2.24, 2.45) is 5.92 Å². The van der Waals surface area contributed by atoms with Crippen LogP contribution in [0.1, 0.15) is 48.9 Å². The van der Waals surface area contributed by atoms with Crippen LogP contribution in [0.5, 0.6) is 0 Å². The summed E-state index contributed by atoms with van der Waals surface area (Å²) in [5, 5.41) is 11.0. The maximum absolute atomic E-state index is 11.9. The molecular weight excluding hydrogens is 455 g/mol. The molecule has 0 aromatic heterocycles. The van der Waals surface area contributed by atoms with E-state index in [-0.39, 0.29) is 16.9 Å². The SMILES string of the molecule is Cc1ccc(S(=O)(=O)O)c(CC(C)C2CCCCN2C(C#N)c2c(Cl)cccc2Cl)c1. The zero-order valence-corrected chi connectivity index (χ0v) is 19.9. The minimum atomic E-state index is -4.32. The molecule has 0 spiro atoms. The van der Waals surface area contributed by atoms with E-state index in [2.05, 4.69) is 17.9 Å². The molecule has 5 nitrogen and oxygen atoms in total. The van der Waals surface area contributed by atoms with Gasteiger partial charge in [0.15, 0.2) is 0 Å². The lowest BCUT2D eigenvalue weighted by Crippen LogP contribution is -2.45. The monoisotopic (exact) mass is 480 g/mol. The van der Waals surface area contributed by atoms with Crippen molar-refractivity contribution in [3.8, 4) is 6.07 Å². The number of piperidine rings is 1. The van der Waals surface area contributed by atoms with Crippen LogP contribution in [-0.4, -0.2) is 30.5 Å². The van der Waals surface area contributed by atoms with Crippen LogP contribution in [-0.2, 0) is 16.5 Å². The summed E-state index contributed by atoms with van der Waals surface area (Å²) < 4.78 is 33.4. The highest BCUT2D eigenvalue weighted by molar-refractivity contribution is 7.85. The average Bonchev–Trinajstić information content (AvgIpc) is 2.70. The van der Waals surface area contributed by atoms with Crippen LogP contribution >= 0.6 is 23.2 Å². The molecule has 1 aliphatic rings. The summed E-state index contributed by atoms with van der Waals surface area (Å²) in [5.41, 5.74) is 2.12. The van der Waals surface area contributed by atoms with Gasteiger partial charge in [-0.05, 0) is 55.9 Å². The van der Waals surface area contributed by atoms with E-state index >= 15 is 0 Å². The van der Waals surface area contributed by atoms with Gasteiger partial charge in [0.1, 0.15) is 6.04 Å². The van der Waals surface area contributed by atoms with Crippen molar-refractivity contribution in [3.05, 3.63) is 63.1 Å². The normalized spacial score (nSPS) is 19.5. The first-order valence-electron chi connectivity index (χ1n) is 10.3. The lowest BCUT2D eigenvalue weighted by molar-refractivity contribution is 0.0815. The molecule has 2 aromatic carbocycles. The van der Waals surface area contributed by atoms with Gasteiger partial charge >= 0.3 is 0 Å². The third-order valence-corrected chi connectivity index (χ3v) is 7.63. The lowest BCUT2D eigenvalue weighted by Gasteiger charge is -2.42. The highest BCUT2D eigenvalue weighted by atomic mass is 35.5. The highest BCUT2D eigenvalue weighted by Gasteiger charge is 2.35. The molecule has 31 heavy (non-hydrogen) atoms. The molecule has 2 aromatic rings. The van der Waals surface area contributed by atoms with Crippen LogP contribution in [0.3, 0.4) is 0 Å². The Bertz CT molecular complexity index is 1080. The molecule has 1 N–H and O–H groups in total. The standard InChI is InChI=1S/C23H26Cl2N2O3S/c1-15-9-10-22(31(28,29)30)17(12-15)13-16(2)20-8-3-4-11-27(20)21(14-26)23-18(24)6-5-7-19(23)25/h5-7,9-10,12,16,20-21H,3-4,8,11,13H2,1-2H3,(H,28,29,30). The van der Waals surface area contributed by atoms with Crippen molar-refractivity contribution in [1.82, 2.24) is 4.90 Å². The Morgan fingerprint density at radius 3 is 2.52 bits per heavy atom. The Labute approximate surface area is 194 Å². The van der Waals surface area contributed by atoms with Gasteiger partial charge in [-0.1, -0.05) is 60.3 Å². The Balaban J connectivity index is 1.94. The second-order valence-corrected chi connectivity index (χ2v) is 10.4. The van der Waals surface area contributed by atoms with Gasteiger partial charge in [0.05, 0.1) is 11.0 Å². The fourth-order valence-corrected chi connectivity index (χ4v) is 5.91. The van der Waals surface area contributed by atoms with Crippen LogP contribution < -0.4 is 0 Å². The van der Waals surface area contributed by atoms with E-state index in [1.54, 1.807) is 30.3 Å². The molecule has 0 aliphatic carbocycles. The number of halogens is 2. The zero-order valence-electron chi connectivity index (χ0n) is 17.6. The summed E-state index contributed by atoms with van der Waals surface area (Å²) in [6, 6.07) is 12.0. The Morgan fingerprint density at radius 2 is 1.90 bits per heavy atom. The van der Waals surface area contributed by atoms with E-state index in [1.807, 2.05) is 6.92 Å². The van der Waals surface area contributed by atoms with E-state index in [0.717, 1.165) is 31.4 Å². The van der Waals surface area contributed by atoms with Crippen LogP contribution in [0.2, 0.25) is 10.0 Å². The second-order valence-electron chi connectivity index (χ2n) is 8.24. The second kappa shape index (κ2) is 9.89. The molecule has 1 heterocycles. The van der Waals surface area contributed by atoms with Gasteiger partial charge in [-0.25, -0.2) is 0 Å². The van der Waals surface area contributed by atoms with Crippen molar-refractivity contribution >= 4 is 33.3 Å². The number of nitriles is 1. The minimum absolute atomic E-state index is 0.0414. The molecular formula is C23H26Cl2N2O3S. The first kappa shape index (κ1) is 24.0. The smallest absolute Gasteiger partial charge is 0.282 e. The van der Waals surface area contributed by atoms with Gasteiger partial charge in [0, 0.05) is 28.2 Å². The first-order chi connectivity index (χ1) is 14.6. The van der Waals surface area contributed by atoms with Gasteiger partial charge in [0.2, 0.25) is 0 Å². The predicted molar refractivity (Wildman–Crippen MR) is 123 cm³/mol. The summed E-state index contributed by atoms with van der Waals surface area (Å²) in [6.07, 6.45) is 3.34. The molecule has 3 unspecified atom stereocenters. The van der Waals surface area contributed by atoms with E-state index in [9.17, 15) is 18.2 Å². The van der Waals surface area contributed by atoms with Crippen molar-refractivity contribution < 1.29 is 13.0 Å². The van der Waals surface area contributed by atoms with E-state index in [1.165, 1.54) is 6.07 Å². The van der Waals surface area contributed by atoms with Gasteiger partial charge in [-0.3, -0.25) is 9.45 Å². The zero-order chi connectivity index (χ0) is 22.8. The van der Waals surface area contributed by atoms with E-state index in [0.29, 0.717) is 27.6 Å². The average molecular weight is 481 g/mol. The molecule has 8 heteroatoms. The quantitative estimate of drug-likeness (QED) is 0.524.